The summed E-state index contributed by atoms with van der Waals surface area (Å²) in [5.74, 6) is 0. The fourth-order valence-electron chi connectivity index (χ4n) is 3.42. The van der Waals surface area contributed by atoms with Crippen LogP contribution >= 0.6 is 0 Å². The minimum Gasteiger partial charge on any atom is -0.376 e. The molecule has 0 aliphatic carbocycles. The van der Waals surface area contributed by atoms with Crippen molar-refractivity contribution in [2.75, 3.05) is 39.5 Å². The van der Waals surface area contributed by atoms with Crippen LogP contribution in [0.25, 0.3) is 0 Å². The second-order valence-electron chi connectivity index (χ2n) is 5.47. The lowest BCUT2D eigenvalue weighted by molar-refractivity contribution is -0.0873. The largest absolute Gasteiger partial charge is 0.376 e. The van der Waals surface area contributed by atoms with Crippen LogP contribution < -0.4 is 5.32 Å². The molecule has 0 aromatic carbocycles. The standard InChI is InChI=1S/C13H24N2O2/c1-2-5-15-6-4-12(13(15)3-1)14-9-11-10-16-7-8-17-11/h11-14H,1-10H2. The summed E-state index contributed by atoms with van der Waals surface area (Å²) in [6.07, 6.45) is 5.74. The molecular weight excluding hydrogens is 216 g/mol. The van der Waals surface area contributed by atoms with E-state index in [4.69, 9.17) is 9.47 Å². The second kappa shape index (κ2) is 5.65. The van der Waals surface area contributed by atoms with Crippen molar-refractivity contribution in [1.82, 2.24) is 10.2 Å². The molecule has 0 spiro atoms. The molecule has 0 bridgehead atoms. The van der Waals surface area contributed by atoms with Gasteiger partial charge in [0.1, 0.15) is 0 Å². The van der Waals surface area contributed by atoms with E-state index in [1.165, 1.54) is 38.8 Å². The first-order chi connectivity index (χ1) is 8.43. The first-order valence-corrected chi connectivity index (χ1v) is 7.10. The van der Waals surface area contributed by atoms with Gasteiger partial charge in [0.25, 0.3) is 0 Å². The highest BCUT2D eigenvalue weighted by atomic mass is 16.6. The van der Waals surface area contributed by atoms with Crippen LogP contribution in [0.15, 0.2) is 0 Å². The van der Waals surface area contributed by atoms with Gasteiger partial charge in [-0.05, 0) is 25.8 Å². The van der Waals surface area contributed by atoms with Gasteiger partial charge >= 0.3 is 0 Å². The fraction of sp³-hybridized carbons (Fsp3) is 1.00. The van der Waals surface area contributed by atoms with E-state index >= 15 is 0 Å². The summed E-state index contributed by atoms with van der Waals surface area (Å²) >= 11 is 0. The molecule has 0 aromatic rings. The number of fused-ring (bicyclic) bond motifs is 1. The molecule has 3 aliphatic heterocycles. The summed E-state index contributed by atoms with van der Waals surface area (Å²) < 4.78 is 11.1. The van der Waals surface area contributed by atoms with Crippen LogP contribution in [0.2, 0.25) is 0 Å². The summed E-state index contributed by atoms with van der Waals surface area (Å²) in [6.45, 7) is 5.82. The molecule has 3 atom stereocenters. The van der Waals surface area contributed by atoms with E-state index in [0.29, 0.717) is 6.04 Å². The maximum Gasteiger partial charge on any atom is 0.0933 e. The van der Waals surface area contributed by atoms with E-state index in [-0.39, 0.29) is 6.10 Å². The van der Waals surface area contributed by atoms with Crippen molar-refractivity contribution in [1.29, 1.82) is 0 Å². The average molecular weight is 240 g/mol. The van der Waals surface area contributed by atoms with E-state index in [9.17, 15) is 0 Å². The van der Waals surface area contributed by atoms with Crippen molar-refractivity contribution in [3.8, 4) is 0 Å². The molecule has 3 unspecified atom stereocenters. The highest BCUT2D eigenvalue weighted by molar-refractivity contribution is 4.94. The van der Waals surface area contributed by atoms with Crippen molar-refractivity contribution in [3.63, 3.8) is 0 Å². The van der Waals surface area contributed by atoms with Crippen LogP contribution in [0.5, 0.6) is 0 Å². The monoisotopic (exact) mass is 240 g/mol. The number of ether oxygens (including phenoxy) is 2. The number of hydrogen-bond donors (Lipinski definition) is 1. The Morgan fingerprint density at radius 2 is 2.12 bits per heavy atom. The molecule has 3 saturated heterocycles. The quantitative estimate of drug-likeness (QED) is 0.784. The minimum absolute atomic E-state index is 0.265. The van der Waals surface area contributed by atoms with Gasteiger partial charge in [-0.15, -0.1) is 0 Å². The van der Waals surface area contributed by atoms with Gasteiger partial charge < -0.3 is 14.8 Å². The molecule has 0 saturated carbocycles. The van der Waals surface area contributed by atoms with Crippen LogP contribution in [0.3, 0.4) is 0 Å². The Kier molecular flexibility index (Phi) is 3.96. The van der Waals surface area contributed by atoms with Crippen molar-refractivity contribution in [2.45, 2.75) is 43.9 Å². The topological polar surface area (TPSA) is 33.7 Å². The molecule has 0 radical (unpaired) electrons. The number of hydrogen-bond acceptors (Lipinski definition) is 4. The van der Waals surface area contributed by atoms with Crippen molar-refractivity contribution in [3.05, 3.63) is 0 Å². The highest BCUT2D eigenvalue weighted by Gasteiger charge is 2.35. The first-order valence-electron chi connectivity index (χ1n) is 7.10. The lowest BCUT2D eigenvalue weighted by Gasteiger charge is -2.33. The van der Waals surface area contributed by atoms with Crippen molar-refractivity contribution >= 4 is 0 Å². The lowest BCUT2D eigenvalue weighted by Crippen LogP contribution is -2.48. The normalized spacial score (nSPS) is 39.2. The SMILES string of the molecule is C1CCN2CCC(NCC3COCCO3)C2C1. The Morgan fingerprint density at radius 3 is 3.00 bits per heavy atom. The molecule has 98 valence electrons. The zero-order valence-corrected chi connectivity index (χ0v) is 10.6. The maximum absolute atomic E-state index is 5.67. The molecule has 1 N–H and O–H groups in total. The number of nitrogens with zero attached hydrogens (tertiary/aromatic N) is 1. The third-order valence-electron chi connectivity index (χ3n) is 4.35. The summed E-state index contributed by atoms with van der Waals surface area (Å²) in [7, 11) is 0. The first kappa shape index (κ1) is 11.9. The van der Waals surface area contributed by atoms with Gasteiger partial charge in [0, 0.05) is 25.2 Å². The molecule has 4 nitrogen and oxygen atoms in total. The second-order valence-corrected chi connectivity index (χ2v) is 5.47. The summed E-state index contributed by atoms with van der Waals surface area (Å²) in [4.78, 5) is 2.67. The third kappa shape index (κ3) is 2.81. The van der Waals surface area contributed by atoms with Gasteiger partial charge in [-0.1, -0.05) is 6.42 Å². The number of rotatable bonds is 3. The molecule has 0 amide bonds. The molecule has 3 heterocycles. The molecule has 0 aromatic heterocycles. The number of piperidine rings is 1. The molecule has 17 heavy (non-hydrogen) atoms. The Morgan fingerprint density at radius 1 is 1.12 bits per heavy atom. The van der Waals surface area contributed by atoms with Gasteiger partial charge in [-0.25, -0.2) is 0 Å². The minimum atomic E-state index is 0.265. The smallest absolute Gasteiger partial charge is 0.0933 e. The summed E-state index contributed by atoms with van der Waals surface area (Å²) in [5.41, 5.74) is 0. The van der Waals surface area contributed by atoms with E-state index in [1.807, 2.05) is 0 Å². The van der Waals surface area contributed by atoms with Crippen molar-refractivity contribution < 1.29 is 9.47 Å². The third-order valence-corrected chi connectivity index (χ3v) is 4.35. The number of nitrogens with one attached hydrogen (secondary N) is 1. The van der Waals surface area contributed by atoms with Gasteiger partial charge in [-0.2, -0.15) is 0 Å². The van der Waals surface area contributed by atoms with Crippen LogP contribution in [0.1, 0.15) is 25.7 Å². The van der Waals surface area contributed by atoms with E-state index in [1.54, 1.807) is 0 Å². The molecule has 4 heteroatoms. The molecule has 3 rings (SSSR count). The fourth-order valence-corrected chi connectivity index (χ4v) is 3.42. The van der Waals surface area contributed by atoms with Gasteiger partial charge in [0.15, 0.2) is 0 Å². The van der Waals surface area contributed by atoms with E-state index in [2.05, 4.69) is 10.2 Å². The predicted octanol–water partition coefficient (Wildman–Crippen LogP) is 0.618. The van der Waals surface area contributed by atoms with Gasteiger partial charge in [-0.3, -0.25) is 4.90 Å². The van der Waals surface area contributed by atoms with Crippen LogP contribution in [-0.2, 0) is 9.47 Å². The van der Waals surface area contributed by atoms with Crippen LogP contribution in [-0.4, -0.2) is 62.5 Å². The van der Waals surface area contributed by atoms with Crippen LogP contribution in [0, 0.1) is 0 Å². The van der Waals surface area contributed by atoms with Crippen LogP contribution in [0.4, 0.5) is 0 Å². The summed E-state index contributed by atoms with van der Waals surface area (Å²) in [6, 6.07) is 1.47. The zero-order chi connectivity index (χ0) is 11.5. The molecule has 3 fully saturated rings. The maximum atomic E-state index is 5.67. The predicted molar refractivity (Wildman–Crippen MR) is 66.2 cm³/mol. The highest BCUT2D eigenvalue weighted by Crippen LogP contribution is 2.27. The van der Waals surface area contributed by atoms with Gasteiger partial charge in [0.05, 0.1) is 25.9 Å². The Balaban J connectivity index is 1.45. The van der Waals surface area contributed by atoms with Gasteiger partial charge in [0.2, 0.25) is 0 Å². The molecular formula is C13H24N2O2. The lowest BCUT2D eigenvalue weighted by atomic mass is 9.99. The molecule has 3 aliphatic rings. The Bertz CT molecular complexity index is 244. The Labute approximate surface area is 104 Å². The average Bonchev–Trinajstić information content (AvgIpc) is 2.81. The van der Waals surface area contributed by atoms with E-state index in [0.717, 1.165) is 32.4 Å². The summed E-state index contributed by atoms with van der Waals surface area (Å²) in [5, 5.41) is 3.70. The Hall–Kier alpha value is -0.160. The van der Waals surface area contributed by atoms with E-state index < -0.39 is 0 Å². The zero-order valence-electron chi connectivity index (χ0n) is 10.6. The van der Waals surface area contributed by atoms with Crippen molar-refractivity contribution in [2.24, 2.45) is 0 Å².